The highest BCUT2D eigenvalue weighted by Gasteiger charge is 2.01. The lowest BCUT2D eigenvalue weighted by Gasteiger charge is -2.02. The van der Waals surface area contributed by atoms with E-state index in [1.807, 2.05) is 42.1 Å². The quantitative estimate of drug-likeness (QED) is 0.777. The van der Waals surface area contributed by atoms with E-state index in [4.69, 9.17) is 5.11 Å². The maximum Gasteiger partial charge on any atom is 0.139 e. The first-order valence-electron chi connectivity index (χ1n) is 4.49. The molecule has 3 heteroatoms. The molecule has 1 aromatic carbocycles. The number of benzene rings is 1. The van der Waals surface area contributed by atoms with Crippen LogP contribution in [0.4, 0.5) is 0 Å². The zero-order valence-corrected chi connectivity index (χ0v) is 8.01. The van der Waals surface area contributed by atoms with E-state index in [0.29, 0.717) is 0 Å². The van der Waals surface area contributed by atoms with Gasteiger partial charge in [0.15, 0.2) is 0 Å². The van der Waals surface area contributed by atoms with Crippen LogP contribution in [0.5, 0.6) is 0 Å². The molecule has 0 atom stereocenters. The van der Waals surface area contributed by atoms with Gasteiger partial charge in [0.05, 0.1) is 6.61 Å². The molecule has 0 unspecified atom stereocenters. The number of aromatic nitrogens is 2. The van der Waals surface area contributed by atoms with E-state index in [9.17, 15) is 0 Å². The van der Waals surface area contributed by atoms with Crippen molar-refractivity contribution < 1.29 is 5.11 Å². The zero-order valence-electron chi connectivity index (χ0n) is 8.01. The van der Waals surface area contributed by atoms with Gasteiger partial charge in [-0.1, -0.05) is 24.3 Å². The molecular weight excluding hydrogens is 176 g/mol. The summed E-state index contributed by atoms with van der Waals surface area (Å²) in [6.07, 6.45) is 3.69. The number of hydrogen-bond acceptors (Lipinski definition) is 2. The number of nitrogens with zero attached hydrogens (tertiary/aromatic N) is 2. The molecule has 3 nitrogen and oxygen atoms in total. The van der Waals surface area contributed by atoms with Gasteiger partial charge in [0.25, 0.3) is 0 Å². The Labute approximate surface area is 82.7 Å². The van der Waals surface area contributed by atoms with Crippen molar-refractivity contribution in [2.75, 3.05) is 0 Å². The van der Waals surface area contributed by atoms with Crippen molar-refractivity contribution in [3.63, 3.8) is 0 Å². The lowest BCUT2D eigenvalue weighted by atomic mass is 10.1. The van der Waals surface area contributed by atoms with Gasteiger partial charge in [0.2, 0.25) is 0 Å². The SMILES string of the molecule is Cn1ccnc1-c1ccc(CO)cc1. The molecule has 0 aliphatic rings. The first kappa shape index (κ1) is 8.97. The van der Waals surface area contributed by atoms with E-state index in [2.05, 4.69) is 4.98 Å². The second kappa shape index (κ2) is 3.64. The van der Waals surface area contributed by atoms with Gasteiger partial charge >= 0.3 is 0 Å². The van der Waals surface area contributed by atoms with E-state index in [0.717, 1.165) is 17.0 Å². The molecule has 72 valence electrons. The Morgan fingerprint density at radius 2 is 2.00 bits per heavy atom. The summed E-state index contributed by atoms with van der Waals surface area (Å²) in [5.41, 5.74) is 1.98. The van der Waals surface area contributed by atoms with Crippen molar-refractivity contribution in [2.24, 2.45) is 7.05 Å². The van der Waals surface area contributed by atoms with Crippen LogP contribution in [0.1, 0.15) is 5.56 Å². The van der Waals surface area contributed by atoms with E-state index in [1.54, 1.807) is 6.20 Å². The van der Waals surface area contributed by atoms with Gasteiger partial charge in [-0.25, -0.2) is 4.98 Å². The third kappa shape index (κ3) is 1.54. The Balaban J connectivity index is 2.39. The number of hydrogen-bond donors (Lipinski definition) is 1. The molecule has 0 spiro atoms. The highest BCUT2D eigenvalue weighted by Crippen LogP contribution is 2.16. The van der Waals surface area contributed by atoms with Crippen LogP contribution in [0.25, 0.3) is 11.4 Å². The van der Waals surface area contributed by atoms with Crippen LogP contribution in [0.2, 0.25) is 0 Å². The number of imidazole rings is 1. The minimum atomic E-state index is 0.0842. The fraction of sp³-hybridized carbons (Fsp3) is 0.182. The van der Waals surface area contributed by atoms with Gasteiger partial charge < -0.3 is 9.67 Å². The van der Waals surface area contributed by atoms with Gasteiger partial charge in [-0.15, -0.1) is 0 Å². The van der Waals surface area contributed by atoms with E-state index in [-0.39, 0.29) is 6.61 Å². The van der Waals surface area contributed by atoms with Crippen molar-refractivity contribution in [2.45, 2.75) is 6.61 Å². The summed E-state index contributed by atoms with van der Waals surface area (Å²) in [5, 5.41) is 8.89. The standard InChI is InChI=1S/C11H12N2O/c1-13-7-6-12-11(13)10-4-2-9(8-14)3-5-10/h2-7,14H,8H2,1H3. The van der Waals surface area contributed by atoms with Crippen LogP contribution in [-0.2, 0) is 13.7 Å². The van der Waals surface area contributed by atoms with Crippen LogP contribution < -0.4 is 0 Å². The van der Waals surface area contributed by atoms with Gasteiger partial charge in [-0.05, 0) is 5.56 Å². The molecule has 2 rings (SSSR count). The Morgan fingerprint density at radius 3 is 2.50 bits per heavy atom. The molecule has 0 saturated heterocycles. The maximum absolute atomic E-state index is 8.89. The third-order valence-corrected chi connectivity index (χ3v) is 2.22. The smallest absolute Gasteiger partial charge is 0.139 e. The van der Waals surface area contributed by atoms with Crippen LogP contribution in [0, 0.1) is 0 Å². The van der Waals surface area contributed by atoms with Crippen molar-refractivity contribution in [3.05, 3.63) is 42.2 Å². The van der Waals surface area contributed by atoms with E-state index in [1.165, 1.54) is 0 Å². The van der Waals surface area contributed by atoms with Crippen molar-refractivity contribution in [3.8, 4) is 11.4 Å². The van der Waals surface area contributed by atoms with Gasteiger partial charge in [-0.2, -0.15) is 0 Å². The highest BCUT2D eigenvalue weighted by atomic mass is 16.3. The van der Waals surface area contributed by atoms with Crippen molar-refractivity contribution >= 4 is 0 Å². The molecule has 1 heterocycles. The normalized spacial score (nSPS) is 10.4. The molecule has 0 aliphatic carbocycles. The Kier molecular flexibility index (Phi) is 2.33. The average Bonchev–Trinajstić information content (AvgIpc) is 2.65. The Bertz CT molecular complexity index is 417. The summed E-state index contributed by atoms with van der Waals surface area (Å²) >= 11 is 0. The van der Waals surface area contributed by atoms with Gasteiger partial charge in [0, 0.05) is 25.0 Å². The average molecular weight is 188 g/mol. The topological polar surface area (TPSA) is 38.0 Å². The lowest BCUT2D eigenvalue weighted by Crippen LogP contribution is -1.91. The Hall–Kier alpha value is -1.61. The Morgan fingerprint density at radius 1 is 1.29 bits per heavy atom. The molecule has 0 bridgehead atoms. The molecule has 0 saturated carbocycles. The van der Waals surface area contributed by atoms with Crippen LogP contribution in [0.15, 0.2) is 36.7 Å². The maximum atomic E-state index is 8.89. The second-order valence-electron chi connectivity index (χ2n) is 3.22. The lowest BCUT2D eigenvalue weighted by molar-refractivity contribution is 0.282. The summed E-state index contributed by atoms with van der Waals surface area (Å²) in [5.74, 6) is 0.939. The summed E-state index contributed by atoms with van der Waals surface area (Å²) in [6.45, 7) is 0.0842. The molecule has 0 radical (unpaired) electrons. The summed E-state index contributed by atoms with van der Waals surface area (Å²) in [4.78, 5) is 4.24. The van der Waals surface area contributed by atoms with E-state index >= 15 is 0 Å². The minimum Gasteiger partial charge on any atom is -0.392 e. The van der Waals surface area contributed by atoms with Crippen molar-refractivity contribution in [1.82, 2.24) is 9.55 Å². The van der Waals surface area contributed by atoms with Crippen LogP contribution in [0.3, 0.4) is 0 Å². The largest absolute Gasteiger partial charge is 0.392 e. The molecule has 1 N–H and O–H groups in total. The first-order chi connectivity index (χ1) is 6.81. The van der Waals surface area contributed by atoms with Gasteiger partial charge in [-0.3, -0.25) is 0 Å². The molecule has 1 aromatic heterocycles. The van der Waals surface area contributed by atoms with Crippen LogP contribution >= 0.6 is 0 Å². The summed E-state index contributed by atoms with van der Waals surface area (Å²) < 4.78 is 1.97. The number of aryl methyl sites for hydroxylation is 1. The number of aliphatic hydroxyl groups is 1. The summed E-state index contributed by atoms with van der Waals surface area (Å²) in [7, 11) is 1.96. The predicted molar refractivity (Wildman–Crippen MR) is 54.6 cm³/mol. The zero-order chi connectivity index (χ0) is 9.97. The monoisotopic (exact) mass is 188 g/mol. The first-order valence-corrected chi connectivity index (χ1v) is 4.49. The number of aliphatic hydroxyl groups excluding tert-OH is 1. The molecule has 0 fully saturated rings. The second-order valence-corrected chi connectivity index (χ2v) is 3.22. The van der Waals surface area contributed by atoms with Crippen molar-refractivity contribution in [1.29, 1.82) is 0 Å². The molecule has 2 aromatic rings. The summed E-state index contributed by atoms with van der Waals surface area (Å²) in [6, 6.07) is 7.75. The van der Waals surface area contributed by atoms with Gasteiger partial charge in [0.1, 0.15) is 5.82 Å². The predicted octanol–water partition coefficient (Wildman–Crippen LogP) is 1.58. The molecule has 0 amide bonds. The fourth-order valence-electron chi connectivity index (χ4n) is 1.40. The molecule has 0 aliphatic heterocycles. The fourth-order valence-corrected chi connectivity index (χ4v) is 1.40. The van der Waals surface area contributed by atoms with E-state index < -0.39 is 0 Å². The minimum absolute atomic E-state index is 0.0842. The number of rotatable bonds is 2. The molecular formula is C11H12N2O. The van der Waals surface area contributed by atoms with Crippen LogP contribution in [-0.4, -0.2) is 14.7 Å². The third-order valence-electron chi connectivity index (χ3n) is 2.22. The highest BCUT2D eigenvalue weighted by molar-refractivity contribution is 5.55. The molecule has 14 heavy (non-hydrogen) atoms.